The van der Waals surface area contributed by atoms with E-state index >= 15 is 0 Å². The average Bonchev–Trinajstić information content (AvgIpc) is 2.77. The number of nitrogens with two attached hydrogens (primary N) is 1. The summed E-state index contributed by atoms with van der Waals surface area (Å²) in [5, 5.41) is 11.6. The van der Waals surface area contributed by atoms with Crippen molar-refractivity contribution in [2.24, 2.45) is 5.73 Å². The van der Waals surface area contributed by atoms with Gasteiger partial charge in [0.25, 0.3) is 5.91 Å². The lowest BCUT2D eigenvalue weighted by Gasteiger charge is -2.49. The number of carbonyl (C=O) groups is 4. The van der Waals surface area contributed by atoms with Crippen LogP contribution < -0.4 is 15.8 Å². The number of carboxylic acid groups (broad SMARTS) is 1. The van der Waals surface area contributed by atoms with E-state index in [-0.39, 0.29) is 18.1 Å². The fraction of sp³-hybridized carbons (Fsp3) is 0.333. The van der Waals surface area contributed by atoms with Crippen LogP contribution in [0, 0.1) is 0 Å². The first-order valence-electron chi connectivity index (χ1n) is 9.82. The van der Waals surface area contributed by atoms with Crippen molar-refractivity contribution in [3.63, 3.8) is 0 Å². The highest BCUT2D eigenvalue weighted by atomic mass is 32.2. The number of hydrogen-bond acceptors (Lipinski definition) is 8. The average molecular weight is 461 g/mol. The highest BCUT2D eigenvalue weighted by molar-refractivity contribution is 8.00. The number of carbonyl (C=O) groups excluding carboxylic acids is 3. The van der Waals surface area contributed by atoms with Gasteiger partial charge in [-0.15, -0.1) is 11.8 Å². The number of rotatable bonds is 7. The van der Waals surface area contributed by atoms with Crippen molar-refractivity contribution >= 4 is 35.7 Å². The molecule has 0 unspecified atom stereocenters. The Bertz CT molecular complexity index is 990. The summed E-state index contributed by atoms with van der Waals surface area (Å²) < 4.78 is 9.65. The van der Waals surface area contributed by atoms with Gasteiger partial charge in [0.2, 0.25) is 5.91 Å². The van der Waals surface area contributed by atoms with Crippen LogP contribution in [0.4, 0.5) is 4.79 Å². The lowest BCUT2D eigenvalue weighted by atomic mass is 10.0. The number of β-lactam (4-membered cyclic amide) rings is 1. The van der Waals surface area contributed by atoms with Crippen LogP contribution >= 0.6 is 11.8 Å². The normalized spacial score (nSPS) is 21.0. The van der Waals surface area contributed by atoms with Crippen LogP contribution in [-0.2, 0) is 19.1 Å². The molecule has 0 bridgehead atoms. The van der Waals surface area contributed by atoms with Gasteiger partial charge in [-0.1, -0.05) is 24.3 Å². The molecule has 0 aliphatic carbocycles. The summed E-state index contributed by atoms with van der Waals surface area (Å²) in [4.78, 5) is 49.5. The summed E-state index contributed by atoms with van der Waals surface area (Å²) in [7, 11) is 0. The summed E-state index contributed by atoms with van der Waals surface area (Å²) in [6.45, 7) is 3.60. The van der Waals surface area contributed by atoms with E-state index in [2.05, 4.69) is 10.1 Å². The van der Waals surface area contributed by atoms with Gasteiger partial charge in [-0.2, -0.15) is 0 Å². The molecule has 2 heterocycles. The molecule has 2 aliphatic heterocycles. The third kappa shape index (κ3) is 4.63. The maximum Gasteiger partial charge on any atom is 0.513 e. The Kier molecular flexibility index (Phi) is 7.21. The van der Waals surface area contributed by atoms with Crippen molar-refractivity contribution in [1.82, 2.24) is 10.2 Å². The molecule has 11 heteroatoms. The second-order valence-corrected chi connectivity index (χ2v) is 8.01. The Morgan fingerprint density at radius 2 is 2.03 bits per heavy atom. The minimum Gasteiger partial charge on any atom is -0.477 e. The molecule has 3 atom stereocenters. The molecule has 0 saturated carbocycles. The number of nitrogens with zero attached hydrogens (tertiary/aromatic N) is 1. The maximum absolute atomic E-state index is 12.6. The fourth-order valence-corrected chi connectivity index (χ4v) is 4.67. The number of benzene rings is 1. The quantitative estimate of drug-likeness (QED) is 0.312. The van der Waals surface area contributed by atoms with Crippen molar-refractivity contribution in [3.8, 4) is 5.75 Å². The van der Waals surface area contributed by atoms with E-state index in [4.69, 9.17) is 10.5 Å². The second kappa shape index (κ2) is 9.88. The van der Waals surface area contributed by atoms with Crippen LogP contribution in [0.15, 0.2) is 47.7 Å². The van der Waals surface area contributed by atoms with Crippen LogP contribution in [0.1, 0.15) is 25.5 Å². The van der Waals surface area contributed by atoms with Gasteiger partial charge in [-0.25, -0.2) is 9.59 Å². The molecular weight excluding hydrogens is 438 g/mol. The number of carboxylic acids is 1. The Balaban J connectivity index is 1.65. The molecule has 3 rings (SSSR count). The van der Waals surface area contributed by atoms with Gasteiger partial charge < -0.3 is 25.6 Å². The van der Waals surface area contributed by atoms with Gasteiger partial charge in [-0.3, -0.25) is 14.5 Å². The monoisotopic (exact) mass is 461 g/mol. The Morgan fingerprint density at radius 3 is 2.62 bits per heavy atom. The topological polar surface area (TPSA) is 148 Å². The van der Waals surface area contributed by atoms with Gasteiger partial charge in [0.1, 0.15) is 28.9 Å². The molecule has 170 valence electrons. The number of fused-ring (bicyclic) bond motifs is 1. The van der Waals surface area contributed by atoms with Gasteiger partial charge in [0.15, 0.2) is 0 Å². The predicted octanol–water partition coefficient (Wildman–Crippen LogP) is 1.54. The third-order valence-corrected chi connectivity index (χ3v) is 6.15. The zero-order valence-corrected chi connectivity index (χ0v) is 18.3. The molecule has 0 aromatic heterocycles. The third-order valence-electron chi connectivity index (χ3n) is 4.85. The lowest BCUT2D eigenvalue weighted by Crippen LogP contribution is -2.71. The first-order chi connectivity index (χ1) is 15.3. The van der Waals surface area contributed by atoms with E-state index in [0.717, 1.165) is 0 Å². The zero-order valence-electron chi connectivity index (χ0n) is 17.4. The van der Waals surface area contributed by atoms with Crippen molar-refractivity contribution in [3.05, 3.63) is 53.3 Å². The van der Waals surface area contributed by atoms with Crippen LogP contribution in [0.2, 0.25) is 0 Å². The van der Waals surface area contributed by atoms with Crippen molar-refractivity contribution in [2.75, 3.05) is 12.4 Å². The van der Waals surface area contributed by atoms with Crippen molar-refractivity contribution in [2.45, 2.75) is 31.3 Å². The lowest BCUT2D eigenvalue weighted by molar-refractivity contribution is -0.150. The Labute approximate surface area is 188 Å². The molecule has 10 nitrogen and oxygen atoms in total. The van der Waals surface area contributed by atoms with Crippen molar-refractivity contribution < 1.29 is 33.8 Å². The Hall–Kier alpha value is -3.31. The molecular formula is C21H23N3O7S. The number of nitrogens with one attached hydrogen (secondary N) is 1. The summed E-state index contributed by atoms with van der Waals surface area (Å²) in [5.41, 5.74) is 6.95. The molecule has 4 N–H and O–H groups in total. The standard InChI is InChI=1S/C21H23N3O7S/c1-3-5-12-10-32-19-15(18(26)24(19)16(12)20(27)28)23-17(25)14(22)11-6-8-13(9-7-11)31-21(29)30-4-2/h3,5-9,14-15,19H,4,10,22H2,1-2H3,(H,23,25)(H,27,28)/b5-3-/t14-,15-,19-/m1/s1. The van der Waals surface area contributed by atoms with Gasteiger partial charge in [0.05, 0.1) is 6.61 Å². The zero-order chi connectivity index (χ0) is 23.4. The molecule has 1 aromatic rings. The van der Waals surface area contributed by atoms with Crippen LogP contribution in [0.3, 0.4) is 0 Å². The fourth-order valence-electron chi connectivity index (χ4n) is 3.35. The van der Waals surface area contributed by atoms with E-state index in [1.807, 2.05) is 0 Å². The summed E-state index contributed by atoms with van der Waals surface area (Å²) >= 11 is 1.37. The number of thioether (sulfide) groups is 1. The largest absolute Gasteiger partial charge is 0.513 e. The molecule has 1 fully saturated rings. The summed E-state index contributed by atoms with van der Waals surface area (Å²) in [6.07, 6.45) is 2.54. The van der Waals surface area contributed by atoms with Gasteiger partial charge >= 0.3 is 12.1 Å². The van der Waals surface area contributed by atoms with Gasteiger partial charge in [0, 0.05) is 5.75 Å². The second-order valence-electron chi connectivity index (χ2n) is 6.91. The SMILES string of the molecule is C/C=C\C1=C(C(=O)O)N2C(=O)[C@@H](NC(=O)[C@H](N)c3ccc(OC(=O)OCC)cc3)[C@H]2SC1. The molecule has 1 saturated heterocycles. The number of aliphatic carboxylic acids is 1. The smallest absolute Gasteiger partial charge is 0.477 e. The molecule has 2 amide bonds. The number of allylic oxidation sites excluding steroid dienone is 2. The maximum atomic E-state index is 12.6. The molecule has 2 aliphatic rings. The summed E-state index contributed by atoms with van der Waals surface area (Å²) in [5.74, 6) is -1.64. The van der Waals surface area contributed by atoms with E-state index < -0.39 is 41.4 Å². The van der Waals surface area contributed by atoms with Gasteiger partial charge in [-0.05, 0) is 37.1 Å². The molecule has 0 spiro atoms. The first-order valence-corrected chi connectivity index (χ1v) is 10.9. The van der Waals surface area contributed by atoms with Crippen LogP contribution in [0.5, 0.6) is 5.75 Å². The van der Waals surface area contributed by atoms with Crippen LogP contribution in [-0.4, -0.2) is 57.7 Å². The number of hydrogen-bond donors (Lipinski definition) is 3. The van der Waals surface area contributed by atoms with E-state index in [1.165, 1.54) is 40.9 Å². The first kappa shape index (κ1) is 23.4. The highest BCUT2D eigenvalue weighted by Gasteiger charge is 2.54. The predicted molar refractivity (Wildman–Crippen MR) is 116 cm³/mol. The molecule has 1 aromatic carbocycles. The minimum absolute atomic E-state index is 0.0659. The van der Waals surface area contributed by atoms with E-state index in [9.17, 15) is 24.3 Å². The Morgan fingerprint density at radius 1 is 1.34 bits per heavy atom. The minimum atomic E-state index is -1.19. The van der Waals surface area contributed by atoms with E-state index in [0.29, 0.717) is 16.9 Å². The molecule has 32 heavy (non-hydrogen) atoms. The number of ether oxygens (including phenoxy) is 2. The number of amides is 2. The van der Waals surface area contributed by atoms with Crippen molar-refractivity contribution in [1.29, 1.82) is 0 Å². The summed E-state index contributed by atoms with van der Waals surface area (Å²) in [6, 6.07) is 4.05. The van der Waals surface area contributed by atoms with Crippen LogP contribution in [0.25, 0.3) is 0 Å². The molecule has 0 radical (unpaired) electrons. The van der Waals surface area contributed by atoms with E-state index in [1.54, 1.807) is 26.0 Å². The highest BCUT2D eigenvalue weighted by Crippen LogP contribution is 2.40.